The molecule has 3 rings (SSSR count). The molecule has 0 spiro atoms. The molecule has 22 heavy (non-hydrogen) atoms. The molecule has 0 radical (unpaired) electrons. The Kier molecular flexibility index (Phi) is 4.25. The van der Waals surface area contributed by atoms with Gasteiger partial charge in [0.05, 0.1) is 29.6 Å². The van der Waals surface area contributed by atoms with Gasteiger partial charge in [-0.1, -0.05) is 36.4 Å². The maximum Gasteiger partial charge on any atom is 0.362 e. The van der Waals surface area contributed by atoms with E-state index in [1.54, 1.807) is 0 Å². The van der Waals surface area contributed by atoms with E-state index in [0.29, 0.717) is 18.5 Å². The van der Waals surface area contributed by atoms with Crippen molar-refractivity contribution < 1.29 is 13.6 Å². The number of benzene rings is 2. The first-order chi connectivity index (χ1) is 10.7. The van der Waals surface area contributed by atoms with Crippen LogP contribution in [0.1, 0.15) is 13.8 Å². The minimum absolute atomic E-state index is 0.322. The van der Waals surface area contributed by atoms with E-state index in [4.69, 9.17) is 9.05 Å². The van der Waals surface area contributed by atoms with Crippen molar-refractivity contribution in [2.45, 2.75) is 13.8 Å². The highest BCUT2D eigenvalue weighted by molar-refractivity contribution is 7.63. The largest absolute Gasteiger partial charge is 0.362 e. The molecule has 0 atom stereocenters. The topological polar surface area (TPSA) is 48.4 Å². The third-order valence-corrected chi connectivity index (χ3v) is 5.66. The average molecular weight is 315 g/mol. The number of fused-ring (bicyclic) bond motifs is 2. The molecule has 5 heteroatoms. The highest BCUT2D eigenvalue weighted by Gasteiger charge is 2.31. The Hall–Kier alpha value is -1.74. The Labute approximate surface area is 129 Å². The van der Waals surface area contributed by atoms with Crippen LogP contribution in [0.15, 0.2) is 48.5 Å². The van der Waals surface area contributed by atoms with E-state index in [0.717, 1.165) is 21.8 Å². The number of pyridine rings is 1. The molecule has 2 aromatic carbocycles. The van der Waals surface area contributed by atoms with Crippen LogP contribution < -0.4 is 5.30 Å². The van der Waals surface area contributed by atoms with Crippen molar-refractivity contribution in [3.63, 3.8) is 0 Å². The lowest BCUT2D eigenvalue weighted by molar-refractivity contribution is 0.230. The molecule has 0 aliphatic rings. The zero-order valence-electron chi connectivity index (χ0n) is 12.7. The van der Waals surface area contributed by atoms with Gasteiger partial charge < -0.3 is 9.05 Å². The van der Waals surface area contributed by atoms with Crippen LogP contribution in [0, 0.1) is 0 Å². The number of para-hydroxylation sites is 2. The molecule has 0 unspecified atom stereocenters. The summed E-state index contributed by atoms with van der Waals surface area (Å²) in [5.41, 5.74) is 1.58. The molecule has 114 valence electrons. The van der Waals surface area contributed by atoms with Gasteiger partial charge >= 0.3 is 7.60 Å². The van der Waals surface area contributed by atoms with Crippen LogP contribution in [-0.2, 0) is 13.6 Å². The summed E-state index contributed by atoms with van der Waals surface area (Å²) in [7, 11) is -3.40. The minimum atomic E-state index is -3.40. The standard InChI is InChI=1S/C17H18NO3P/c1-3-20-22(19,21-4-2)17-13-9-5-7-11-15(13)18-16-12-8-6-10-14(16)17/h5-12H,3-4H2,1-2H3. The lowest BCUT2D eigenvalue weighted by Crippen LogP contribution is -2.14. The van der Waals surface area contributed by atoms with Crippen LogP contribution in [-0.4, -0.2) is 18.2 Å². The molecule has 0 amide bonds. The Balaban J connectivity index is 2.44. The third-order valence-electron chi connectivity index (χ3n) is 3.43. The minimum Gasteiger partial charge on any atom is -0.305 e. The van der Waals surface area contributed by atoms with Crippen LogP contribution in [0.4, 0.5) is 0 Å². The van der Waals surface area contributed by atoms with Gasteiger partial charge in [-0.05, 0) is 26.0 Å². The second-order valence-electron chi connectivity index (χ2n) is 4.83. The second kappa shape index (κ2) is 6.17. The van der Waals surface area contributed by atoms with Gasteiger partial charge in [-0.3, -0.25) is 4.57 Å². The van der Waals surface area contributed by atoms with E-state index < -0.39 is 7.60 Å². The zero-order valence-corrected chi connectivity index (χ0v) is 13.5. The SMILES string of the molecule is CCOP(=O)(OCC)c1c2ccccc2nc2ccccc12. The van der Waals surface area contributed by atoms with Crippen molar-refractivity contribution in [1.82, 2.24) is 4.98 Å². The molecule has 0 saturated carbocycles. The van der Waals surface area contributed by atoms with Crippen molar-refractivity contribution in [3.8, 4) is 0 Å². The number of aromatic nitrogens is 1. The van der Waals surface area contributed by atoms with Gasteiger partial charge in [-0.15, -0.1) is 0 Å². The van der Waals surface area contributed by atoms with Gasteiger partial charge in [-0.2, -0.15) is 0 Å². The normalized spacial score (nSPS) is 12.1. The molecule has 0 aliphatic heterocycles. The Morgan fingerprint density at radius 2 is 1.32 bits per heavy atom. The molecular weight excluding hydrogens is 297 g/mol. The van der Waals surface area contributed by atoms with E-state index >= 15 is 0 Å². The van der Waals surface area contributed by atoms with E-state index in [1.165, 1.54) is 0 Å². The zero-order chi connectivity index (χ0) is 15.6. The molecule has 4 nitrogen and oxygen atoms in total. The summed E-state index contributed by atoms with van der Waals surface area (Å²) in [5, 5.41) is 2.23. The summed E-state index contributed by atoms with van der Waals surface area (Å²) < 4.78 is 24.5. The summed E-state index contributed by atoms with van der Waals surface area (Å²) in [4.78, 5) is 4.64. The molecule has 1 heterocycles. The van der Waals surface area contributed by atoms with Gasteiger partial charge in [0.1, 0.15) is 0 Å². The summed E-state index contributed by atoms with van der Waals surface area (Å²) in [6.07, 6.45) is 0. The van der Waals surface area contributed by atoms with Crippen LogP contribution >= 0.6 is 7.60 Å². The van der Waals surface area contributed by atoms with Crippen molar-refractivity contribution in [3.05, 3.63) is 48.5 Å². The van der Waals surface area contributed by atoms with E-state index in [-0.39, 0.29) is 0 Å². The fourth-order valence-electron chi connectivity index (χ4n) is 2.62. The summed E-state index contributed by atoms with van der Waals surface area (Å²) in [5.74, 6) is 0. The van der Waals surface area contributed by atoms with Gasteiger partial charge in [0.25, 0.3) is 0 Å². The average Bonchev–Trinajstić information content (AvgIpc) is 2.52. The smallest absolute Gasteiger partial charge is 0.305 e. The first kappa shape index (κ1) is 15.2. The maximum absolute atomic E-state index is 13.4. The Bertz CT molecular complexity index is 799. The number of nitrogens with zero attached hydrogens (tertiary/aromatic N) is 1. The van der Waals surface area contributed by atoms with Crippen LogP contribution in [0.2, 0.25) is 0 Å². The monoisotopic (exact) mass is 315 g/mol. The lowest BCUT2D eigenvalue weighted by atomic mass is 10.1. The molecule has 0 N–H and O–H groups in total. The van der Waals surface area contributed by atoms with E-state index in [1.807, 2.05) is 62.4 Å². The molecule has 0 bridgehead atoms. The number of hydrogen-bond acceptors (Lipinski definition) is 4. The van der Waals surface area contributed by atoms with E-state index in [9.17, 15) is 4.57 Å². The third kappa shape index (κ3) is 2.54. The summed E-state index contributed by atoms with van der Waals surface area (Å²) >= 11 is 0. The second-order valence-corrected chi connectivity index (χ2v) is 6.79. The van der Waals surface area contributed by atoms with Crippen LogP contribution in [0.25, 0.3) is 21.8 Å². The number of hydrogen-bond donors (Lipinski definition) is 0. The summed E-state index contributed by atoms with van der Waals surface area (Å²) in [6.45, 7) is 4.28. The van der Waals surface area contributed by atoms with Crippen LogP contribution in [0.3, 0.4) is 0 Å². The Morgan fingerprint density at radius 1 is 0.864 bits per heavy atom. The first-order valence-electron chi connectivity index (χ1n) is 7.36. The lowest BCUT2D eigenvalue weighted by Gasteiger charge is -2.20. The maximum atomic E-state index is 13.4. The molecule has 0 aliphatic carbocycles. The highest BCUT2D eigenvalue weighted by Crippen LogP contribution is 2.50. The van der Waals surface area contributed by atoms with Crippen molar-refractivity contribution in [2.24, 2.45) is 0 Å². The van der Waals surface area contributed by atoms with Crippen molar-refractivity contribution in [2.75, 3.05) is 13.2 Å². The van der Waals surface area contributed by atoms with Gasteiger partial charge in [0, 0.05) is 10.8 Å². The van der Waals surface area contributed by atoms with Gasteiger partial charge in [-0.25, -0.2) is 4.98 Å². The van der Waals surface area contributed by atoms with Crippen LogP contribution in [0.5, 0.6) is 0 Å². The fourth-order valence-corrected chi connectivity index (χ4v) is 4.60. The summed E-state index contributed by atoms with van der Waals surface area (Å²) in [6, 6.07) is 15.3. The van der Waals surface area contributed by atoms with Gasteiger partial charge in [0.2, 0.25) is 0 Å². The van der Waals surface area contributed by atoms with E-state index in [2.05, 4.69) is 4.98 Å². The predicted octanol–water partition coefficient (Wildman–Crippen LogP) is 4.28. The quantitative estimate of drug-likeness (QED) is 0.521. The van der Waals surface area contributed by atoms with Crippen molar-refractivity contribution in [1.29, 1.82) is 0 Å². The molecule has 0 fully saturated rings. The molecule has 1 aromatic heterocycles. The molecular formula is C17H18NO3P. The van der Waals surface area contributed by atoms with Crippen molar-refractivity contribution >= 4 is 34.7 Å². The predicted molar refractivity (Wildman–Crippen MR) is 89.7 cm³/mol. The molecule has 3 aromatic rings. The Morgan fingerprint density at radius 3 is 1.77 bits per heavy atom. The number of rotatable bonds is 5. The fraction of sp³-hybridized carbons (Fsp3) is 0.235. The van der Waals surface area contributed by atoms with Gasteiger partial charge in [0.15, 0.2) is 0 Å². The first-order valence-corrected chi connectivity index (χ1v) is 8.91. The molecule has 0 saturated heterocycles. The highest BCUT2D eigenvalue weighted by atomic mass is 31.2.